The van der Waals surface area contributed by atoms with Crippen molar-refractivity contribution < 1.29 is 32.9 Å². The Bertz CT molecular complexity index is 1120. The average molecular weight is 909 g/mol. The van der Waals surface area contributed by atoms with Crippen LogP contribution in [0, 0.1) is 0 Å². The SMILES string of the molecule is CCCCCCCCCCCCC/C=C/CC/C=C/C(O)C(COP(=O)([O-])OCC[N+](C)(C)C)NC(=O)CCCCCCCCCC/C=C\CCCCCCCCCCCCCC. The molecule has 3 atom stereocenters. The molecule has 8 nitrogen and oxygen atoms in total. The van der Waals surface area contributed by atoms with Gasteiger partial charge in [-0.05, 0) is 57.8 Å². The molecule has 0 radical (unpaired) electrons. The number of quaternary nitrogens is 1. The number of phosphoric acid groups is 1. The molecule has 0 aromatic heterocycles. The van der Waals surface area contributed by atoms with E-state index in [0.29, 0.717) is 17.4 Å². The number of nitrogens with one attached hydrogen (secondary N) is 1. The van der Waals surface area contributed by atoms with Crippen LogP contribution in [0.3, 0.4) is 0 Å². The quantitative estimate of drug-likeness (QED) is 0.0272. The number of aliphatic hydroxyl groups is 1. The van der Waals surface area contributed by atoms with Crippen LogP contribution in [0.2, 0.25) is 0 Å². The van der Waals surface area contributed by atoms with E-state index >= 15 is 0 Å². The van der Waals surface area contributed by atoms with Gasteiger partial charge in [0.25, 0.3) is 7.82 Å². The second kappa shape index (κ2) is 45.9. The number of aliphatic hydroxyl groups excluding tert-OH is 1. The minimum atomic E-state index is -4.60. The number of amides is 1. The fourth-order valence-corrected chi connectivity index (χ4v) is 8.53. The first-order chi connectivity index (χ1) is 30.5. The molecule has 0 aliphatic carbocycles. The number of unbranched alkanes of at least 4 members (excludes halogenated alkanes) is 32. The van der Waals surface area contributed by atoms with Gasteiger partial charge >= 0.3 is 0 Å². The third-order valence-electron chi connectivity index (χ3n) is 12.1. The number of carbonyl (C=O) groups excluding carboxylic acids is 1. The predicted octanol–water partition coefficient (Wildman–Crippen LogP) is 15.2. The number of nitrogens with zero attached hydrogens (tertiary/aromatic N) is 1. The van der Waals surface area contributed by atoms with Crippen LogP contribution in [0.4, 0.5) is 0 Å². The zero-order valence-electron chi connectivity index (χ0n) is 42.3. The molecule has 0 rings (SSSR count). The number of hydrogen-bond acceptors (Lipinski definition) is 6. The molecule has 63 heavy (non-hydrogen) atoms. The molecule has 1 amide bonds. The van der Waals surface area contributed by atoms with Crippen molar-refractivity contribution in [1.82, 2.24) is 5.32 Å². The lowest BCUT2D eigenvalue weighted by atomic mass is 10.0. The van der Waals surface area contributed by atoms with Crippen molar-refractivity contribution in [3.05, 3.63) is 36.5 Å². The van der Waals surface area contributed by atoms with Crippen LogP contribution in [0.15, 0.2) is 36.5 Å². The molecule has 0 aromatic rings. The van der Waals surface area contributed by atoms with E-state index in [0.717, 1.165) is 38.5 Å². The molecule has 0 spiro atoms. The first-order valence-electron chi connectivity index (χ1n) is 26.9. The van der Waals surface area contributed by atoms with E-state index < -0.39 is 26.6 Å². The molecule has 0 fully saturated rings. The summed E-state index contributed by atoms with van der Waals surface area (Å²) < 4.78 is 23.3. The first kappa shape index (κ1) is 61.7. The van der Waals surface area contributed by atoms with Gasteiger partial charge in [0, 0.05) is 6.42 Å². The van der Waals surface area contributed by atoms with Crippen molar-refractivity contribution in [1.29, 1.82) is 0 Å². The Kier molecular flexibility index (Phi) is 44.9. The summed E-state index contributed by atoms with van der Waals surface area (Å²) >= 11 is 0. The summed E-state index contributed by atoms with van der Waals surface area (Å²) in [4.78, 5) is 25.4. The van der Waals surface area contributed by atoms with Crippen molar-refractivity contribution in [2.45, 2.75) is 264 Å². The molecule has 9 heteroatoms. The molecule has 0 heterocycles. The number of allylic oxidation sites excluding steroid dienone is 5. The van der Waals surface area contributed by atoms with Crippen LogP contribution in [-0.4, -0.2) is 68.5 Å². The van der Waals surface area contributed by atoms with Crippen molar-refractivity contribution in [3.8, 4) is 0 Å². The van der Waals surface area contributed by atoms with Crippen molar-refractivity contribution in [2.24, 2.45) is 0 Å². The number of hydrogen-bond donors (Lipinski definition) is 2. The maximum Gasteiger partial charge on any atom is 0.268 e. The predicted molar refractivity (Wildman–Crippen MR) is 270 cm³/mol. The van der Waals surface area contributed by atoms with Gasteiger partial charge in [-0.15, -0.1) is 0 Å². The first-order valence-corrected chi connectivity index (χ1v) is 28.3. The maximum absolute atomic E-state index is 12.9. The van der Waals surface area contributed by atoms with E-state index in [1.54, 1.807) is 6.08 Å². The molecule has 3 unspecified atom stereocenters. The lowest BCUT2D eigenvalue weighted by Gasteiger charge is -2.29. The van der Waals surface area contributed by atoms with Crippen LogP contribution in [0.1, 0.15) is 251 Å². The molecular weight excluding hydrogens is 804 g/mol. The maximum atomic E-state index is 12.9. The fourth-order valence-electron chi connectivity index (χ4n) is 7.81. The van der Waals surface area contributed by atoms with Crippen LogP contribution in [-0.2, 0) is 18.4 Å². The summed E-state index contributed by atoms with van der Waals surface area (Å²) in [7, 11) is 1.25. The molecule has 372 valence electrons. The van der Waals surface area contributed by atoms with Crippen molar-refractivity contribution in [3.63, 3.8) is 0 Å². The highest BCUT2D eigenvalue weighted by Gasteiger charge is 2.23. The Balaban J connectivity index is 4.28. The van der Waals surface area contributed by atoms with Gasteiger partial charge in [0.1, 0.15) is 13.2 Å². The highest BCUT2D eigenvalue weighted by atomic mass is 31.2. The minimum absolute atomic E-state index is 0.00651. The van der Waals surface area contributed by atoms with Crippen LogP contribution in [0.25, 0.3) is 0 Å². The third-order valence-corrected chi connectivity index (χ3v) is 13.0. The van der Waals surface area contributed by atoms with Gasteiger partial charge in [-0.3, -0.25) is 9.36 Å². The molecule has 0 saturated heterocycles. The Hall–Kier alpha value is -1.28. The number of phosphoric ester groups is 1. The van der Waals surface area contributed by atoms with E-state index in [4.69, 9.17) is 9.05 Å². The van der Waals surface area contributed by atoms with Gasteiger partial charge in [-0.1, -0.05) is 224 Å². The van der Waals surface area contributed by atoms with E-state index in [1.165, 1.54) is 193 Å². The molecule has 0 aliphatic rings. The standard InChI is InChI=1S/C54H105N2O6P/c1-6-8-10-12-14-16-18-20-22-24-25-26-27-28-29-30-32-34-36-38-40-42-44-46-48-54(58)55-52(51-62-63(59,60)61-50-49-56(3,4)5)53(57)47-45-43-41-39-37-35-33-31-23-21-19-17-15-13-11-9-7-2/h28-29,37,39,45,47,52-53,57H,6-27,30-36,38,40-44,46,48-51H2,1-5H3,(H-,55,58,59,60)/b29-28-,39-37+,47-45+. The Morgan fingerprint density at radius 2 is 0.889 bits per heavy atom. The minimum Gasteiger partial charge on any atom is -0.756 e. The summed E-state index contributed by atoms with van der Waals surface area (Å²) in [6.07, 6.45) is 57.8. The zero-order valence-corrected chi connectivity index (χ0v) is 43.2. The summed E-state index contributed by atoms with van der Waals surface area (Å²) in [5.41, 5.74) is 0. The Labute approximate surface area is 391 Å². The second-order valence-corrected chi connectivity index (χ2v) is 21.0. The van der Waals surface area contributed by atoms with Gasteiger partial charge in [-0.25, -0.2) is 0 Å². The van der Waals surface area contributed by atoms with Gasteiger partial charge in [0.15, 0.2) is 0 Å². The summed E-state index contributed by atoms with van der Waals surface area (Å²) in [5.74, 6) is -0.208. The Morgan fingerprint density at radius 3 is 1.29 bits per heavy atom. The topological polar surface area (TPSA) is 108 Å². The third kappa shape index (κ3) is 48.5. The van der Waals surface area contributed by atoms with Crippen LogP contribution in [0.5, 0.6) is 0 Å². The van der Waals surface area contributed by atoms with Crippen LogP contribution < -0.4 is 10.2 Å². The normalized spacial score (nSPS) is 14.3. The molecular formula is C54H105N2O6P. The molecule has 0 saturated carbocycles. The largest absolute Gasteiger partial charge is 0.756 e. The van der Waals surface area contributed by atoms with Crippen LogP contribution >= 0.6 is 7.82 Å². The molecule has 0 bridgehead atoms. The van der Waals surface area contributed by atoms with Crippen molar-refractivity contribution >= 4 is 13.7 Å². The summed E-state index contributed by atoms with van der Waals surface area (Å²) in [5, 5.41) is 13.8. The lowest BCUT2D eigenvalue weighted by molar-refractivity contribution is -0.870. The average Bonchev–Trinajstić information content (AvgIpc) is 3.24. The number of carbonyl (C=O) groups is 1. The van der Waals surface area contributed by atoms with Gasteiger partial charge in [0.2, 0.25) is 5.91 Å². The van der Waals surface area contributed by atoms with Crippen molar-refractivity contribution in [2.75, 3.05) is 40.9 Å². The fraction of sp³-hybridized carbons (Fsp3) is 0.870. The Morgan fingerprint density at radius 1 is 0.540 bits per heavy atom. The smallest absolute Gasteiger partial charge is 0.268 e. The highest BCUT2D eigenvalue weighted by Crippen LogP contribution is 2.38. The zero-order chi connectivity index (χ0) is 46.4. The van der Waals surface area contributed by atoms with Gasteiger partial charge in [0.05, 0.1) is 39.9 Å². The molecule has 0 aliphatic heterocycles. The van der Waals surface area contributed by atoms with Gasteiger partial charge in [-0.2, -0.15) is 0 Å². The summed E-state index contributed by atoms with van der Waals surface area (Å²) in [6.45, 7) is 4.65. The lowest BCUT2D eigenvalue weighted by Crippen LogP contribution is -2.45. The summed E-state index contributed by atoms with van der Waals surface area (Å²) in [6, 6.07) is -0.904. The van der Waals surface area contributed by atoms with E-state index in [9.17, 15) is 19.4 Å². The van der Waals surface area contributed by atoms with E-state index in [2.05, 4.69) is 43.5 Å². The number of rotatable bonds is 49. The monoisotopic (exact) mass is 909 g/mol. The van der Waals surface area contributed by atoms with E-state index in [-0.39, 0.29) is 12.5 Å². The van der Waals surface area contributed by atoms with E-state index in [1.807, 2.05) is 27.2 Å². The van der Waals surface area contributed by atoms with Gasteiger partial charge < -0.3 is 28.8 Å². The molecule has 0 aromatic carbocycles. The highest BCUT2D eigenvalue weighted by molar-refractivity contribution is 7.45. The molecule has 2 N–H and O–H groups in total. The number of likely N-dealkylation sites (N-methyl/N-ethyl adjacent to an activating group) is 1. The second-order valence-electron chi connectivity index (χ2n) is 19.6.